The molecule has 0 amide bonds. The minimum atomic E-state index is -0.550. The first kappa shape index (κ1) is 12.8. The third-order valence-electron chi connectivity index (χ3n) is 2.75. The molecule has 2 aromatic carbocycles. The lowest BCUT2D eigenvalue weighted by molar-refractivity contribution is -0.383. The highest BCUT2D eigenvalue weighted by atomic mass is 16.6. The molecule has 96 valence electrons. The number of Topliss-reactive ketones (excluding diaryl/α,β-unsaturated/α-hetero) is 1. The number of hydrogen-bond acceptors (Lipinski definition) is 4. The zero-order valence-corrected chi connectivity index (χ0v) is 10.1. The summed E-state index contributed by atoms with van der Waals surface area (Å²) in [5, 5.41) is 10.8. The zero-order chi connectivity index (χ0) is 13.8. The van der Waals surface area contributed by atoms with Crippen LogP contribution in [0.25, 0.3) is 0 Å². The van der Waals surface area contributed by atoms with Crippen molar-refractivity contribution in [3.63, 3.8) is 0 Å². The van der Waals surface area contributed by atoms with Crippen LogP contribution in [0.3, 0.4) is 0 Å². The number of nitrogens with two attached hydrogens (primary N) is 1. The second-order valence-electron chi connectivity index (χ2n) is 4.12. The van der Waals surface area contributed by atoms with Crippen LogP contribution in [0.5, 0.6) is 0 Å². The van der Waals surface area contributed by atoms with Crippen molar-refractivity contribution in [3.05, 3.63) is 69.8 Å². The summed E-state index contributed by atoms with van der Waals surface area (Å²) in [5.74, 6) is -0.0836. The first-order valence-electron chi connectivity index (χ1n) is 5.69. The van der Waals surface area contributed by atoms with E-state index in [1.54, 1.807) is 30.3 Å². The summed E-state index contributed by atoms with van der Waals surface area (Å²) in [6.45, 7) is 0. The van der Waals surface area contributed by atoms with Crippen LogP contribution in [0.4, 0.5) is 11.4 Å². The van der Waals surface area contributed by atoms with Gasteiger partial charge in [0.05, 0.1) is 4.92 Å². The van der Waals surface area contributed by atoms with Gasteiger partial charge in [-0.05, 0) is 11.6 Å². The molecular weight excluding hydrogens is 244 g/mol. The van der Waals surface area contributed by atoms with Crippen LogP contribution in [0.1, 0.15) is 15.9 Å². The summed E-state index contributed by atoms with van der Waals surface area (Å²) in [7, 11) is 0. The lowest BCUT2D eigenvalue weighted by Gasteiger charge is -2.03. The molecule has 0 unspecified atom stereocenters. The van der Waals surface area contributed by atoms with E-state index in [4.69, 9.17) is 5.73 Å². The van der Waals surface area contributed by atoms with Gasteiger partial charge in [-0.15, -0.1) is 0 Å². The highest BCUT2D eigenvalue weighted by molar-refractivity contribution is 5.97. The van der Waals surface area contributed by atoms with Gasteiger partial charge in [-0.25, -0.2) is 0 Å². The molecule has 0 aliphatic carbocycles. The molecule has 0 bridgehead atoms. The highest BCUT2D eigenvalue weighted by Crippen LogP contribution is 2.23. The maximum atomic E-state index is 12.0. The molecule has 0 spiro atoms. The molecule has 0 saturated carbocycles. The van der Waals surface area contributed by atoms with Crippen molar-refractivity contribution in [3.8, 4) is 0 Å². The van der Waals surface area contributed by atoms with Gasteiger partial charge in [0.2, 0.25) is 0 Å². The highest BCUT2D eigenvalue weighted by Gasteiger charge is 2.14. The molecule has 2 rings (SSSR count). The summed E-state index contributed by atoms with van der Waals surface area (Å²) < 4.78 is 0. The number of nitro benzene ring substituents is 1. The Bertz CT molecular complexity index is 624. The Balaban J connectivity index is 2.23. The quantitative estimate of drug-likeness (QED) is 0.394. The summed E-state index contributed by atoms with van der Waals surface area (Å²) >= 11 is 0. The Morgan fingerprint density at radius 1 is 1.16 bits per heavy atom. The van der Waals surface area contributed by atoms with Crippen molar-refractivity contribution in [1.29, 1.82) is 0 Å². The van der Waals surface area contributed by atoms with Crippen LogP contribution in [-0.2, 0) is 6.42 Å². The molecule has 2 N–H and O–H groups in total. The molecule has 0 saturated heterocycles. The number of rotatable bonds is 4. The average Bonchev–Trinajstić information content (AvgIpc) is 2.41. The molecule has 2 aromatic rings. The van der Waals surface area contributed by atoms with E-state index in [1.807, 2.05) is 6.07 Å². The van der Waals surface area contributed by atoms with Crippen molar-refractivity contribution < 1.29 is 9.72 Å². The van der Waals surface area contributed by atoms with Gasteiger partial charge in [0, 0.05) is 18.1 Å². The van der Waals surface area contributed by atoms with Gasteiger partial charge in [-0.2, -0.15) is 0 Å². The van der Waals surface area contributed by atoms with Gasteiger partial charge in [-0.1, -0.05) is 36.4 Å². The van der Waals surface area contributed by atoms with Crippen molar-refractivity contribution in [2.45, 2.75) is 6.42 Å². The molecular formula is C14H12N2O3. The predicted molar refractivity (Wildman–Crippen MR) is 72.0 cm³/mol. The molecule has 19 heavy (non-hydrogen) atoms. The minimum Gasteiger partial charge on any atom is -0.393 e. The standard InChI is InChI=1S/C14H12N2O3/c15-12-7-6-10(8-13(12)16(18)19)9-14(17)11-4-2-1-3-5-11/h1-8H,9,15H2. The first-order valence-corrected chi connectivity index (χ1v) is 5.69. The number of benzene rings is 2. The number of carbonyl (C=O) groups is 1. The smallest absolute Gasteiger partial charge is 0.292 e. The molecule has 0 fully saturated rings. The Labute approximate surface area is 109 Å². The SMILES string of the molecule is Nc1ccc(CC(=O)c2ccccc2)cc1[N+](=O)[O-]. The number of hydrogen-bond donors (Lipinski definition) is 1. The largest absolute Gasteiger partial charge is 0.393 e. The maximum Gasteiger partial charge on any atom is 0.292 e. The summed E-state index contributed by atoms with van der Waals surface area (Å²) in [6, 6.07) is 13.2. The van der Waals surface area contributed by atoms with E-state index in [2.05, 4.69) is 0 Å². The van der Waals surface area contributed by atoms with Crippen molar-refractivity contribution in [2.24, 2.45) is 0 Å². The molecule has 0 aliphatic heterocycles. The predicted octanol–water partition coefficient (Wildman–Crippen LogP) is 2.60. The van der Waals surface area contributed by atoms with Crippen LogP contribution in [0, 0.1) is 10.1 Å². The number of nitrogen functional groups attached to an aromatic ring is 1. The zero-order valence-electron chi connectivity index (χ0n) is 10.1. The van der Waals surface area contributed by atoms with E-state index in [9.17, 15) is 14.9 Å². The number of ketones is 1. The van der Waals surface area contributed by atoms with E-state index in [0.29, 0.717) is 11.1 Å². The fraction of sp³-hybridized carbons (Fsp3) is 0.0714. The Morgan fingerprint density at radius 3 is 2.47 bits per heavy atom. The van der Waals surface area contributed by atoms with Crippen molar-refractivity contribution in [1.82, 2.24) is 0 Å². The summed E-state index contributed by atoms with van der Waals surface area (Å²) in [5.41, 5.74) is 6.60. The summed E-state index contributed by atoms with van der Waals surface area (Å²) in [6.07, 6.45) is 0.116. The normalized spacial score (nSPS) is 10.1. The number of carbonyl (C=O) groups excluding carboxylic acids is 1. The van der Waals surface area contributed by atoms with Gasteiger partial charge in [-0.3, -0.25) is 14.9 Å². The second-order valence-corrected chi connectivity index (χ2v) is 4.12. The number of nitrogens with zero attached hydrogens (tertiary/aromatic N) is 1. The van der Waals surface area contributed by atoms with E-state index >= 15 is 0 Å². The van der Waals surface area contributed by atoms with E-state index in [-0.39, 0.29) is 23.6 Å². The molecule has 0 radical (unpaired) electrons. The van der Waals surface area contributed by atoms with E-state index < -0.39 is 4.92 Å². The number of nitro groups is 1. The fourth-order valence-corrected chi connectivity index (χ4v) is 1.77. The topological polar surface area (TPSA) is 86.2 Å². The molecule has 0 atom stereocenters. The fourth-order valence-electron chi connectivity index (χ4n) is 1.77. The van der Waals surface area contributed by atoms with Gasteiger partial charge < -0.3 is 5.73 Å². The maximum absolute atomic E-state index is 12.0. The molecule has 0 aromatic heterocycles. The third-order valence-corrected chi connectivity index (χ3v) is 2.75. The third kappa shape index (κ3) is 2.95. The first-order chi connectivity index (χ1) is 9.08. The Hall–Kier alpha value is -2.69. The minimum absolute atomic E-state index is 0.0836. The Morgan fingerprint density at radius 2 is 1.84 bits per heavy atom. The molecule has 0 aliphatic rings. The lowest BCUT2D eigenvalue weighted by atomic mass is 10.0. The molecule has 5 nitrogen and oxygen atoms in total. The lowest BCUT2D eigenvalue weighted by Crippen LogP contribution is -2.04. The van der Waals surface area contributed by atoms with Crippen LogP contribution in [-0.4, -0.2) is 10.7 Å². The van der Waals surface area contributed by atoms with Gasteiger partial charge >= 0.3 is 0 Å². The van der Waals surface area contributed by atoms with Crippen molar-refractivity contribution >= 4 is 17.2 Å². The molecule has 5 heteroatoms. The second kappa shape index (κ2) is 5.30. The average molecular weight is 256 g/mol. The van der Waals surface area contributed by atoms with Crippen LogP contribution in [0.15, 0.2) is 48.5 Å². The van der Waals surface area contributed by atoms with Gasteiger partial charge in [0.15, 0.2) is 5.78 Å². The van der Waals surface area contributed by atoms with E-state index in [1.165, 1.54) is 12.1 Å². The van der Waals surface area contributed by atoms with E-state index in [0.717, 1.165) is 0 Å². The van der Waals surface area contributed by atoms with Crippen molar-refractivity contribution in [2.75, 3.05) is 5.73 Å². The van der Waals surface area contributed by atoms with Gasteiger partial charge in [0.25, 0.3) is 5.69 Å². The Kier molecular flexibility index (Phi) is 3.56. The van der Waals surface area contributed by atoms with Crippen LogP contribution in [0.2, 0.25) is 0 Å². The van der Waals surface area contributed by atoms with Gasteiger partial charge in [0.1, 0.15) is 5.69 Å². The number of anilines is 1. The molecule has 0 heterocycles. The monoisotopic (exact) mass is 256 g/mol. The van der Waals surface area contributed by atoms with Crippen LogP contribution < -0.4 is 5.73 Å². The summed E-state index contributed by atoms with van der Waals surface area (Å²) in [4.78, 5) is 22.2. The van der Waals surface area contributed by atoms with Crippen LogP contribution >= 0.6 is 0 Å².